The fourth-order valence-electron chi connectivity index (χ4n) is 3.55. The van der Waals surface area contributed by atoms with Crippen LogP contribution in [0.3, 0.4) is 0 Å². The number of rotatable bonds is 2. The number of benzene rings is 1. The van der Waals surface area contributed by atoms with E-state index in [1.807, 2.05) is 44.5 Å². The maximum atomic E-state index is 10.4. The number of aromatic nitrogens is 3. The quantitative estimate of drug-likeness (QED) is 0.402. The second kappa shape index (κ2) is 9.77. The molecule has 1 aliphatic heterocycles. The van der Waals surface area contributed by atoms with E-state index in [0.29, 0.717) is 28.2 Å². The summed E-state index contributed by atoms with van der Waals surface area (Å²) in [6.45, 7) is 7.91. The van der Waals surface area contributed by atoms with Gasteiger partial charge in [0.15, 0.2) is 11.5 Å². The third kappa shape index (κ3) is 4.61. The van der Waals surface area contributed by atoms with E-state index in [0.717, 1.165) is 29.9 Å². The van der Waals surface area contributed by atoms with Gasteiger partial charge >= 0.3 is 29.6 Å². The SMILES string of the molecule is C[CH-]C.Cc1nc2cc(O)c(-c3ccc4nc(N5CCCC5)ccc4n3)cc2o1.[Na+]. The molecule has 6 nitrogen and oxygen atoms in total. The van der Waals surface area contributed by atoms with Gasteiger partial charge in [-0.3, -0.25) is 0 Å². The van der Waals surface area contributed by atoms with Gasteiger partial charge in [0.05, 0.1) is 16.7 Å². The van der Waals surface area contributed by atoms with E-state index >= 15 is 0 Å². The molecule has 0 aliphatic carbocycles. The largest absolute Gasteiger partial charge is 1.00 e. The molecule has 0 amide bonds. The number of oxazole rings is 1. The molecule has 30 heavy (non-hydrogen) atoms. The minimum Gasteiger partial charge on any atom is -0.507 e. The molecule has 1 saturated heterocycles. The van der Waals surface area contributed by atoms with Gasteiger partial charge < -0.3 is 20.8 Å². The summed E-state index contributed by atoms with van der Waals surface area (Å²) in [4.78, 5) is 16.0. The van der Waals surface area contributed by atoms with Crippen LogP contribution in [-0.2, 0) is 0 Å². The molecular weight excluding hydrogens is 387 g/mol. The average molecular weight is 412 g/mol. The number of hydrogen-bond donors (Lipinski definition) is 1. The minimum atomic E-state index is 0. The van der Waals surface area contributed by atoms with Crippen LogP contribution >= 0.6 is 0 Å². The number of pyridine rings is 2. The number of phenolic OH excluding ortho intramolecular Hbond substituents is 1. The van der Waals surface area contributed by atoms with Crippen LogP contribution < -0.4 is 34.5 Å². The number of aromatic hydroxyl groups is 1. The molecule has 0 saturated carbocycles. The summed E-state index contributed by atoms with van der Waals surface area (Å²) in [7, 11) is 0. The van der Waals surface area contributed by atoms with Gasteiger partial charge in [-0.1, -0.05) is 0 Å². The topological polar surface area (TPSA) is 75.3 Å². The molecule has 150 valence electrons. The molecule has 1 fully saturated rings. The number of phenols is 1. The first-order chi connectivity index (χ1) is 14.1. The Bertz CT molecular complexity index is 1150. The molecule has 0 bridgehead atoms. The average Bonchev–Trinajstić information content (AvgIpc) is 3.36. The van der Waals surface area contributed by atoms with E-state index in [2.05, 4.69) is 14.9 Å². The number of fused-ring (bicyclic) bond motifs is 2. The fourth-order valence-corrected chi connectivity index (χ4v) is 3.55. The molecule has 7 heteroatoms. The molecule has 1 N–H and O–H groups in total. The van der Waals surface area contributed by atoms with Crippen molar-refractivity contribution < 1.29 is 39.1 Å². The zero-order valence-corrected chi connectivity index (χ0v) is 20.0. The first-order valence-electron chi connectivity index (χ1n) is 9.96. The van der Waals surface area contributed by atoms with Gasteiger partial charge in [0.25, 0.3) is 0 Å². The third-order valence-corrected chi connectivity index (χ3v) is 4.85. The molecule has 4 aromatic rings. The summed E-state index contributed by atoms with van der Waals surface area (Å²) in [6, 6.07) is 11.2. The van der Waals surface area contributed by atoms with E-state index in [9.17, 15) is 5.11 Å². The molecule has 1 aromatic carbocycles. The summed E-state index contributed by atoms with van der Waals surface area (Å²) < 4.78 is 5.58. The first kappa shape index (κ1) is 22.5. The number of nitrogens with zero attached hydrogens (tertiary/aromatic N) is 4. The smallest absolute Gasteiger partial charge is 0.507 e. The maximum Gasteiger partial charge on any atom is 1.00 e. The van der Waals surface area contributed by atoms with Crippen molar-refractivity contribution in [3.8, 4) is 17.0 Å². The standard InChI is InChI=1S/C20H18N4O2.C3H7.Na/c1-12-21-17-11-18(25)13(10-19(17)26-12)14-4-5-16-15(22-14)6-7-20(23-16)24-8-2-3-9-24;1-3-2;/h4-7,10-11,25H,2-3,8-9H2,1H3;3H,1-2H3;/q;-1;+1. The first-order valence-corrected chi connectivity index (χ1v) is 9.96. The van der Waals surface area contributed by atoms with Crippen molar-refractivity contribution in [1.29, 1.82) is 0 Å². The van der Waals surface area contributed by atoms with Crippen LogP contribution in [0, 0.1) is 13.3 Å². The second-order valence-corrected chi connectivity index (χ2v) is 7.25. The second-order valence-electron chi connectivity index (χ2n) is 7.25. The summed E-state index contributed by atoms with van der Waals surface area (Å²) in [5, 5.41) is 10.4. The van der Waals surface area contributed by atoms with Crippen LogP contribution in [0.5, 0.6) is 5.75 Å². The Morgan fingerprint density at radius 1 is 0.933 bits per heavy atom. The Morgan fingerprint density at radius 3 is 2.33 bits per heavy atom. The minimum absolute atomic E-state index is 0. The van der Waals surface area contributed by atoms with Crippen LogP contribution in [0.15, 0.2) is 40.8 Å². The van der Waals surface area contributed by atoms with Crippen molar-refractivity contribution >= 4 is 28.0 Å². The zero-order valence-electron chi connectivity index (χ0n) is 18.0. The zero-order chi connectivity index (χ0) is 20.4. The Kier molecular flexibility index (Phi) is 7.34. The van der Waals surface area contributed by atoms with Gasteiger partial charge in [0.1, 0.15) is 17.1 Å². The van der Waals surface area contributed by atoms with E-state index < -0.39 is 0 Å². The Labute approximate surface area is 198 Å². The van der Waals surface area contributed by atoms with Crippen molar-refractivity contribution in [1.82, 2.24) is 15.0 Å². The van der Waals surface area contributed by atoms with Gasteiger partial charge in [0, 0.05) is 31.6 Å². The molecule has 0 radical (unpaired) electrons. The van der Waals surface area contributed by atoms with Crippen LogP contribution in [0.4, 0.5) is 5.82 Å². The molecular formula is C23H25N4NaO2. The fraction of sp³-hybridized carbons (Fsp3) is 0.304. The third-order valence-electron chi connectivity index (χ3n) is 4.85. The molecule has 5 rings (SSSR count). The monoisotopic (exact) mass is 412 g/mol. The Balaban J connectivity index is 0.000000606. The predicted octanol–water partition coefficient (Wildman–Crippen LogP) is 2.29. The van der Waals surface area contributed by atoms with Crippen LogP contribution in [0.1, 0.15) is 32.6 Å². The van der Waals surface area contributed by atoms with Crippen molar-refractivity contribution in [2.45, 2.75) is 33.6 Å². The van der Waals surface area contributed by atoms with Crippen molar-refractivity contribution in [3.63, 3.8) is 0 Å². The van der Waals surface area contributed by atoms with Gasteiger partial charge in [-0.05, 0) is 43.2 Å². The summed E-state index contributed by atoms with van der Waals surface area (Å²) in [5.74, 6) is 1.71. The van der Waals surface area contributed by atoms with Gasteiger partial charge in [-0.2, -0.15) is 13.8 Å². The number of hydrogen-bond acceptors (Lipinski definition) is 6. The van der Waals surface area contributed by atoms with Gasteiger partial charge in [-0.15, -0.1) is 0 Å². The summed E-state index contributed by atoms with van der Waals surface area (Å²) in [6.07, 6.45) is 4.44. The van der Waals surface area contributed by atoms with Crippen LogP contribution in [-0.4, -0.2) is 33.1 Å². The van der Waals surface area contributed by atoms with Crippen molar-refractivity contribution in [2.24, 2.45) is 0 Å². The normalized spacial score (nSPS) is 13.2. The van der Waals surface area contributed by atoms with Gasteiger partial charge in [-0.25, -0.2) is 15.0 Å². The Hall–Kier alpha value is -2.15. The molecule has 0 atom stereocenters. The van der Waals surface area contributed by atoms with Crippen molar-refractivity contribution in [2.75, 3.05) is 18.0 Å². The van der Waals surface area contributed by atoms with E-state index in [1.54, 1.807) is 19.1 Å². The predicted molar refractivity (Wildman–Crippen MR) is 116 cm³/mol. The van der Waals surface area contributed by atoms with Gasteiger partial charge in [0.2, 0.25) is 0 Å². The Morgan fingerprint density at radius 2 is 1.60 bits per heavy atom. The molecule has 0 unspecified atom stereocenters. The molecule has 3 aromatic heterocycles. The number of anilines is 1. The van der Waals surface area contributed by atoms with E-state index in [-0.39, 0.29) is 35.3 Å². The van der Waals surface area contributed by atoms with E-state index in [1.165, 1.54) is 12.8 Å². The van der Waals surface area contributed by atoms with E-state index in [4.69, 9.17) is 9.40 Å². The summed E-state index contributed by atoms with van der Waals surface area (Å²) >= 11 is 0. The van der Waals surface area contributed by atoms with Crippen LogP contribution in [0.25, 0.3) is 33.4 Å². The molecule has 1 aliphatic rings. The number of aryl methyl sites for hydroxylation is 1. The maximum absolute atomic E-state index is 10.4. The summed E-state index contributed by atoms with van der Waals surface area (Å²) in [5.41, 5.74) is 4.25. The van der Waals surface area contributed by atoms with Crippen molar-refractivity contribution in [3.05, 3.63) is 48.7 Å². The molecule has 4 heterocycles. The van der Waals surface area contributed by atoms with Crippen LogP contribution in [0.2, 0.25) is 0 Å². The molecule has 0 spiro atoms.